The van der Waals surface area contributed by atoms with Gasteiger partial charge in [-0.1, -0.05) is 26.7 Å². The summed E-state index contributed by atoms with van der Waals surface area (Å²) in [6.45, 7) is 4.71. The first-order valence-corrected chi connectivity index (χ1v) is 7.40. The number of nitrogens with two attached hydrogens (primary N) is 1. The van der Waals surface area contributed by atoms with Gasteiger partial charge in [-0.25, -0.2) is 4.98 Å². The number of nitrogen functional groups attached to an aromatic ring is 1. The molecular formula is C16H22N4. The fourth-order valence-electron chi connectivity index (χ4n) is 3.34. The number of hydrogen-bond acceptors (Lipinski definition) is 3. The van der Waals surface area contributed by atoms with E-state index in [9.17, 15) is 0 Å². The van der Waals surface area contributed by atoms with Crippen molar-refractivity contribution in [3.05, 3.63) is 31.0 Å². The molecule has 2 aromatic heterocycles. The minimum absolute atomic E-state index is 0.510. The van der Waals surface area contributed by atoms with Crippen LogP contribution in [0.1, 0.15) is 39.2 Å². The molecule has 2 heterocycles. The molecule has 20 heavy (non-hydrogen) atoms. The zero-order valence-corrected chi connectivity index (χ0v) is 12.2. The summed E-state index contributed by atoms with van der Waals surface area (Å²) in [7, 11) is 0. The van der Waals surface area contributed by atoms with Crippen LogP contribution in [0.4, 0.5) is 5.69 Å². The second-order valence-corrected chi connectivity index (χ2v) is 5.98. The number of anilines is 1. The van der Waals surface area contributed by atoms with Crippen molar-refractivity contribution in [3.8, 4) is 11.3 Å². The third kappa shape index (κ3) is 2.19. The average Bonchev–Trinajstić information content (AvgIpc) is 2.91. The number of rotatable bonds is 2. The smallest absolute Gasteiger partial charge is 0.0953 e. The Bertz CT molecular complexity index is 590. The van der Waals surface area contributed by atoms with E-state index in [-0.39, 0.29) is 0 Å². The SMILES string of the molecule is CC1CCCC(n2cncc2-c2cnccc2N)C1C. The molecule has 3 rings (SSSR count). The second-order valence-electron chi connectivity index (χ2n) is 5.98. The van der Waals surface area contributed by atoms with Gasteiger partial charge in [-0.05, 0) is 24.3 Å². The highest BCUT2D eigenvalue weighted by Crippen LogP contribution is 2.40. The maximum Gasteiger partial charge on any atom is 0.0953 e. The summed E-state index contributed by atoms with van der Waals surface area (Å²) in [5.41, 5.74) is 8.92. The van der Waals surface area contributed by atoms with Crippen LogP contribution in [0.2, 0.25) is 0 Å². The standard InChI is InChI=1S/C16H22N4/c1-11-4-3-5-15(12(11)2)20-10-19-9-16(20)13-8-18-7-6-14(13)17/h6-12,15H,3-5H2,1-2H3,(H2,17,18). The quantitative estimate of drug-likeness (QED) is 0.908. The molecule has 3 atom stereocenters. The molecule has 4 nitrogen and oxygen atoms in total. The van der Waals surface area contributed by atoms with Crippen LogP contribution < -0.4 is 5.73 Å². The maximum atomic E-state index is 6.09. The molecule has 106 valence electrons. The molecule has 3 unspecified atom stereocenters. The molecule has 2 aromatic rings. The molecule has 1 fully saturated rings. The van der Waals surface area contributed by atoms with E-state index in [0.29, 0.717) is 12.0 Å². The van der Waals surface area contributed by atoms with Gasteiger partial charge in [0.05, 0.1) is 18.2 Å². The summed E-state index contributed by atoms with van der Waals surface area (Å²) in [6.07, 6.45) is 11.2. The fraction of sp³-hybridized carbons (Fsp3) is 0.500. The third-order valence-electron chi connectivity index (χ3n) is 4.82. The fourth-order valence-corrected chi connectivity index (χ4v) is 3.34. The predicted molar refractivity (Wildman–Crippen MR) is 81.1 cm³/mol. The molecule has 1 aliphatic carbocycles. The van der Waals surface area contributed by atoms with Gasteiger partial charge in [-0.2, -0.15) is 0 Å². The first-order valence-electron chi connectivity index (χ1n) is 7.40. The molecular weight excluding hydrogens is 248 g/mol. The topological polar surface area (TPSA) is 56.7 Å². The van der Waals surface area contributed by atoms with Crippen LogP contribution in [-0.4, -0.2) is 14.5 Å². The highest BCUT2D eigenvalue weighted by molar-refractivity contribution is 5.72. The molecule has 1 aliphatic rings. The normalized spacial score (nSPS) is 26.6. The van der Waals surface area contributed by atoms with Gasteiger partial charge in [0.25, 0.3) is 0 Å². The molecule has 0 amide bonds. The largest absolute Gasteiger partial charge is 0.398 e. The van der Waals surface area contributed by atoms with Gasteiger partial charge in [0.15, 0.2) is 0 Å². The van der Waals surface area contributed by atoms with Gasteiger partial charge in [0, 0.05) is 29.7 Å². The first kappa shape index (κ1) is 13.2. The molecule has 4 heteroatoms. The molecule has 1 saturated carbocycles. The zero-order valence-electron chi connectivity index (χ0n) is 12.2. The van der Waals surface area contributed by atoms with Crippen molar-refractivity contribution in [3.63, 3.8) is 0 Å². The van der Waals surface area contributed by atoms with E-state index in [1.54, 1.807) is 6.20 Å². The number of hydrogen-bond donors (Lipinski definition) is 1. The summed E-state index contributed by atoms with van der Waals surface area (Å²) in [4.78, 5) is 8.55. The van der Waals surface area contributed by atoms with Gasteiger partial charge in [0.2, 0.25) is 0 Å². The molecule has 0 bridgehead atoms. The lowest BCUT2D eigenvalue weighted by Crippen LogP contribution is -2.27. The number of pyridine rings is 1. The van der Waals surface area contributed by atoms with Crippen LogP contribution >= 0.6 is 0 Å². The minimum atomic E-state index is 0.510. The molecule has 0 saturated heterocycles. The van der Waals surface area contributed by atoms with E-state index in [2.05, 4.69) is 28.4 Å². The molecule has 0 spiro atoms. The molecule has 0 aromatic carbocycles. The summed E-state index contributed by atoms with van der Waals surface area (Å²) >= 11 is 0. The van der Waals surface area contributed by atoms with Crippen LogP contribution in [0.25, 0.3) is 11.3 Å². The van der Waals surface area contributed by atoms with Crippen LogP contribution in [0.15, 0.2) is 31.0 Å². The number of aromatic nitrogens is 3. The Morgan fingerprint density at radius 2 is 2.05 bits per heavy atom. The summed E-state index contributed by atoms with van der Waals surface area (Å²) in [5.74, 6) is 1.42. The van der Waals surface area contributed by atoms with E-state index < -0.39 is 0 Å². The predicted octanol–water partition coefficient (Wildman–Crippen LogP) is 3.52. The van der Waals surface area contributed by atoms with E-state index in [1.165, 1.54) is 19.3 Å². The van der Waals surface area contributed by atoms with Crippen LogP contribution in [-0.2, 0) is 0 Å². The zero-order chi connectivity index (χ0) is 14.1. The average molecular weight is 270 g/mol. The van der Waals surface area contributed by atoms with Crippen LogP contribution in [0.5, 0.6) is 0 Å². The van der Waals surface area contributed by atoms with Crippen LogP contribution in [0.3, 0.4) is 0 Å². The first-order chi connectivity index (χ1) is 9.68. The van der Waals surface area contributed by atoms with Crippen molar-refractivity contribution in [2.75, 3.05) is 5.73 Å². The van der Waals surface area contributed by atoms with Crippen molar-refractivity contribution < 1.29 is 0 Å². The Hall–Kier alpha value is -1.84. The molecule has 2 N–H and O–H groups in total. The summed E-state index contributed by atoms with van der Waals surface area (Å²) < 4.78 is 2.30. The summed E-state index contributed by atoms with van der Waals surface area (Å²) in [6, 6.07) is 2.36. The summed E-state index contributed by atoms with van der Waals surface area (Å²) in [5, 5.41) is 0. The Morgan fingerprint density at radius 3 is 2.85 bits per heavy atom. The lowest BCUT2D eigenvalue weighted by molar-refractivity contribution is 0.187. The van der Waals surface area contributed by atoms with E-state index >= 15 is 0 Å². The number of imidazole rings is 1. The van der Waals surface area contributed by atoms with E-state index in [0.717, 1.165) is 22.9 Å². The third-order valence-corrected chi connectivity index (χ3v) is 4.82. The van der Waals surface area contributed by atoms with Gasteiger partial charge in [0.1, 0.15) is 0 Å². The maximum absolute atomic E-state index is 6.09. The van der Waals surface area contributed by atoms with Gasteiger partial charge >= 0.3 is 0 Å². The lowest BCUT2D eigenvalue weighted by Gasteiger charge is -2.35. The molecule has 0 aliphatic heterocycles. The minimum Gasteiger partial charge on any atom is -0.398 e. The highest BCUT2D eigenvalue weighted by Gasteiger charge is 2.29. The van der Waals surface area contributed by atoms with Crippen molar-refractivity contribution in [1.29, 1.82) is 0 Å². The van der Waals surface area contributed by atoms with Crippen LogP contribution in [0, 0.1) is 11.8 Å². The highest BCUT2D eigenvalue weighted by atomic mass is 15.1. The monoisotopic (exact) mass is 270 g/mol. The van der Waals surface area contributed by atoms with Gasteiger partial charge in [-0.15, -0.1) is 0 Å². The number of nitrogens with zero attached hydrogens (tertiary/aromatic N) is 3. The Labute approximate surface area is 120 Å². The Morgan fingerprint density at radius 1 is 1.20 bits per heavy atom. The van der Waals surface area contributed by atoms with Crippen molar-refractivity contribution in [2.24, 2.45) is 11.8 Å². The molecule has 0 radical (unpaired) electrons. The van der Waals surface area contributed by atoms with Gasteiger partial charge < -0.3 is 10.3 Å². The van der Waals surface area contributed by atoms with Crippen molar-refractivity contribution >= 4 is 5.69 Å². The lowest BCUT2D eigenvalue weighted by atomic mass is 9.78. The Kier molecular flexibility index (Phi) is 3.47. The van der Waals surface area contributed by atoms with Gasteiger partial charge in [-0.3, -0.25) is 4.98 Å². The van der Waals surface area contributed by atoms with E-state index in [1.807, 2.05) is 24.8 Å². The van der Waals surface area contributed by atoms with E-state index in [4.69, 9.17) is 5.73 Å². The van der Waals surface area contributed by atoms with Crippen molar-refractivity contribution in [2.45, 2.75) is 39.2 Å². The Balaban J connectivity index is 2.00. The second kappa shape index (κ2) is 5.27. The van der Waals surface area contributed by atoms with Crippen molar-refractivity contribution in [1.82, 2.24) is 14.5 Å².